The van der Waals surface area contributed by atoms with Crippen LogP contribution in [0.4, 0.5) is 17.3 Å². The van der Waals surface area contributed by atoms with Crippen LogP contribution in [0, 0.1) is 0 Å². The van der Waals surface area contributed by atoms with E-state index < -0.39 is 5.25 Å². The van der Waals surface area contributed by atoms with Gasteiger partial charge in [-0.05, 0) is 29.8 Å². The minimum absolute atomic E-state index is 0.139. The summed E-state index contributed by atoms with van der Waals surface area (Å²) in [5, 5.41) is 5.10. The molecule has 122 valence electrons. The maximum Gasteiger partial charge on any atom is 0.237 e. The standard InChI is InChI=1S/C17H17N5OS/c1-10(24-17-21-14(18)9-15(19)22-17)16(23)20-13-7-6-11-4-2-3-5-12(11)8-13/h2-10H,1H3,(H,20,23)(H4,18,19,21,22). The lowest BCUT2D eigenvalue weighted by Gasteiger charge is -2.12. The van der Waals surface area contributed by atoms with Crippen LogP contribution in [0.5, 0.6) is 0 Å². The number of nitrogens with zero attached hydrogens (tertiary/aromatic N) is 2. The van der Waals surface area contributed by atoms with Crippen molar-refractivity contribution in [1.29, 1.82) is 0 Å². The van der Waals surface area contributed by atoms with Crippen LogP contribution in [-0.4, -0.2) is 21.1 Å². The van der Waals surface area contributed by atoms with Gasteiger partial charge in [-0.25, -0.2) is 9.97 Å². The van der Waals surface area contributed by atoms with E-state index in [2.05, 4.69) is 15.3 Å². The highest BCUT2D eigenvalue weighted by molar-refractivity contribution is 8.00. The Morgan fingerprint density at radius 2 is 1.71 bits per heavy atom. The molecular weight excluding hydrogens is 322 g/mol. The number of hydrogen-bond acceptors (Lipinski definition) is 6. The average molecular weight is 339 g/mol. The molecule has 0 saturated carbocycles. The number of aromatic nitrogens is 2. The molecule has 0 aliphatic carbocycles. The summed E-state index contributed by atoms with van der Waals surface area (Å²) in [5.74, 6) is 0.430. The maximum atomic E-state index is 12.4. The molecule has 0 fully saturated rings. The Morgan fingerprint density at radius 3 is 2.42 bits per heavy atom. The molecule has 24 heavy (non-hydrogen) atoms. The lowest BCUT2D eigenvalue weighted by atomic mass is 10.1. The van der Waals surface area contributed by atoms with Crippen molar-refractivity contribution >= 4 is 45.8 Å². The number of benzene rings is 2. The summed E-state index contributed by atoms with van der Waals surface area (Å²) in [6, 6.07) is 15.3. The van der Waals surface area contributed by atoms with Crippen LogP contribution in [0.25, 0.3) is 10.8 Å². The number of hydrogen-bond donors (Lipinski definition) is 3. The Hall–Kier alpha value is -2.80. The van der Waals surface area contributed by atoms with E-state index in [4.69, 9.17) is 11.5 Å². The highest BCUT2D eigenvalue weighted by Gasteiger charge is 2.17. The van der Waals surface area contributed by atoms with Crippen LogP contribution in [0.3, 0.4) is 0 Å². The summed E-state index contributed by atoms with van der Waals surface area (Å²) in [6.07, 6.45) is 0. The molecule has 1 aromatic heterocycles. The van der Waals surface area contributed by atoms with E-state index in [-0.39, 0.29) is 17.5 Å². The van der Waals surface area contributed by atoms with E-state index in [1.807, 2.05) is 42.5 Å². The number of fused-ring (bicyclic) bond motifs is 1. The summed E-state index contributed by atoms with van der Waals surface area (Å²) in [6.45, 7) is 1.78. The van der Waals surface area contributed by atoms with Crippen LogP contribution in [0.15, 0.2) is 53.7 Å². The Morgan fingerprint density at radius 1 is 1.04 bits per heavy atom. The molecule has 0 bridgehead atoms. The second-order valence-corrected chi connectivity index (χ2v) is 6.62. The minimum atomic E-state index is -0.391. The first-order chi connectivity index (χ1) is 11.5. The lowest BCUT2D eigenvalue weighted by molar-refractivity contribution is -0.115. The van der Waals surface area contributed by atoms with Gasteiger partial charge in [0, 0.05) is 11.8 Å². The maximum absolute atomic E-state index is 12.4. The van der Waals surface area contributed by atoms with Gasteiger partial charge in [0.15, 0.2) is 5.16 Å². The summed E-state index contributed by atoms with van der Waals surface area (Å²) in [7, 11) is 0. The first-order valence-electron chi connectivity index (χ1n) is 7.37. The van der Waals surface area contributed by atoms with E-state index in [9.17, 15) is 4.79 Å². The van der Waals surface area contributed by atoms with Gasteiger partial charge in [-0.2, -0.15) is 0 Å². The van der Waals surface area contributed by atoms with Crippen LogP contribution in [-0.2, 0) is 4.79 Å². The molecule has 3 rings (SSSR count). The van der Waals surface area contributed by atoms with Crippen molar-refractivity contribution in [3.63, 3.8) is 0 Å². The molecule has 0 radical (unpaired) electrons. The third-order valence-corrected chi connectivity index (χ3v) is 4.37. The fourth-order valence-corrected chi connectivity index (χ4v) is 3.04. The van der Waals surface area contributed by atoms with Crippen molar-refractivity contribution in [3.8, 4) is 0 Å². The second kappa shape index (κ2) is 6.76. The van der Waals surface area contributed by atoms with Gasteiger partial charge in [0.05, 0.1) is 5.25 Å². The first-order valence-corrected chi connectivity index (χ1v) is 8.25. The number of nitrogens with one attached hydrogen (secondary N) is 1. The van der Waals surface area contributed by atoms with Crippen molar-refractivity contribution in [2.75, 3.05) is 16.8 Å². The zero-order valence-electron chi connectivity index (χ0n) is 13.1. The zero-order chi connectivity index (χ0) is 17.1. The number of amides is 1. The number of nitrogen functional groups attached to an aromatic ring is 2. The molecule has 3 aromatic rings. The molecule has 0 spiro atoms. The number of carbonyl (C=O) groups excluding carboxylic acids is 1. The third kappa shape index (κ3) is 3.75. The summed E-state index contributed by atoms with van der Waals surface area (Å²) in [5.41, 5.74) is 12.0. The largest absolute Gasteiger partial charge is 0.383 e. The second-order valence-electron chi connectivity index (χ2n) is 5.31. The molecule has 1 heterocycles. The van der Waals surface area contributed by atoms with Crippen LogP contribution in [0.1, 0.15) is 6.92 Å². The Kier molecular flexibility index (Phi) is 4.52. The third-order valence-electron chi connectivity index (χ3n) is 3.41. The van der Waals surface area contributed by atoms with Gasteiger partial charge in [0.25, 0.3) is 0 Å². The molecule has 1 atom stereocenters. The van der Waals surface area contributed by atoms with Crippen molar-refractivity contribution in [2.24, 2.45) is 0 Å². The molecule has 1 amide bonds. The molecule has 2 aromatic carbocycles. The van der Waals surface area contributed by atoms with Crippen molar-refractivity contribution < 1.29 is 4.79 Å². The average Bonchev–Trinajstić information content (AvgIpc) is 2.53. The quantitative estimate of drug-likeness (QED) is 0.498. The number of nitrogens with two attached hydrogens (primary N) is 2. The number of anilines is 3. The van der Waals surface area contributed by atoms with Gasteiger partial charge in [-0.3, -0.25) is 4.79 Å². The van der Waals surface area contributed by atoms with Crippen LogP contribution >= 0.6 is 11.8 Å². The Bertz CT molecular complexity index is 879. The Balaban J connectivity index is 1.70. The number of carbonyl (C=O) groups is 1. The van der Waals surface area contributed by atoms with E-state index in [1.165, 1.54) is 17.8 Å². The monoisotopic (exact) mass is 339 g/mol. The van der Waals surface area contributed by atoms with Crippen LogP contribution < -0.4 is 16.8 Å². The topological polar surface area (TPSA) is 107 Å². The van der Waals surface area contributed by atoms with E-state index in [0.717, 1.165) is 16.5 Å². The summed E-state index contributed by atoms with van der Waals surface area (Å²) in [4.78, 5) is 20.5. The highest BCUT2D eigenvalue weighted by atomic mass is 32.2. The molecule has 5 N–H and O–H groups in total. The SMILES string of the molecule is CC(Sc1nc(N)cc(N)n1)C(=O)Nc1ccc2ccccc2c1. The molecule has 0 saturated heterocycles. The predicted molar refractivity (Wildman–Crippen MR) is 98.8 cm³/mol. The fraction of sp³-hybridized carbons (Fsp3) is 0.118. The van der Waals surface area contributed by atoms with Gasteiger partial charge in [0.1, 0.15) is 11.6 Å². The van der Waals surface area contributed by atoms with Gasteiger partial charge in [0.2, 0.25) is 5.91 Å². The van der Waals surface area contributed by atoms with E-state index in [1.54, 1.807) is 6.92 Å². The van der Waals surface area contributed by atoms with Gasteiger partial charge in [-0.1, -0.05) is 42.1 Å². The van der Waals surface area contributed by atoms with Gasteiger partial charge in [-0.15, -0.1) is 0 Å². The van der Waals surface area contributed by atoms with Crippen LogP contribution in [0.2, 0.25) is 0 Å². The molecule has 1 unspecified atom stereocenters. The van der Waals surface area contributed by atoms with Crippen molar-refractivity contribution in [2.45, 2.75) is 17.3 Å². The molecule has 7 heteroatoms. The smallest absolute Gasteiger partial charge is 0.237 e. The first kappa shape index (κ1) is 16.1. The molecule has 0 aliphatic rings. The number of rotatable bonds is 4. The summed E-state index contributed by atoms with van der Waals surface area (Å²) < 4.78 is 0. The normalized spacial score (nSPS) is 12.0. The zero-order valence-corrected chi connectivity index (χ0v) is 13.9. The molecule has 6 nitrogen and oxygen atoms in total. The van der Waals surface area contributed by atoms with E-state index >= 15 is 0 Å². The van der Waals surface area contributed by atoms with Gasteiger partial charge < -0.3 is 16.8 Å². The predicted octanol–water partition coefficient (Wildman–Crippen LogP) is 2.91. The van der Waals surface area contributed by atoms with E-state index in [0.29, 0.717) is 5.16 Å². The fourth-order valence-electron chi connectivity index (χ4n) is 2.24. The van der Waals surface area contributed by atoms with Crippen molar-refractivity contribution in [3.05, 3.63) is 48.5 Å². The summed E-state index contributed by atoms with van der Waals surface area (Å²) >= 11 is 1.21. The molecular formula is C17H17N5OS. The minimum Gasteiger partial charge on any atom is -0.383 e. The number of thioether (sulfide) groups is 1. The van der Waals surface area contributed by atoms with Gasteiger partial charge >= 0.3 is 0 Å². The Labute approximate surface area is 143 Å². The molecule has 0 aliphatic heterocycles. The lowest BCUT2D eigenvalue weighted by Crippen LogP contribution is -2.22. The highest BCUT2D eigenvalue weighted by Crippen LogP contribution is 2.24. The van der Waals surface area contributed by atoms with Crippen molar-refractivity contribution in [1.82, 2.24) is 9.97 Å².